The lowest BCUT2D eigenvalue weighted by molar-refractivity contribution is -0.138. The Hall–Kier alpha value is -4.00. The molecule has 1 aromatic carbocycles. The van der Waals surface area contributed by atoms with Gasteiger partial charge in [0.2, 0.25) is 11.9 Å². The maximum atomic E-state index is 12.2. The number of hydrogen-bond donors (Lipinski definition) is 6. The van der Waals surface area contributed by atoms with Crippen molar-refractivity contribution in [2.75, 3.05) is 90.0 Å². The highest BCUT2D eigenvalue weighted by molar-refractivity contribution is 8.00. The molecule has 2 atom stereocenters. The van der Waals surface area contributed by atoms with Crippen LogP contribution in [-0.4, -0.2) is 143 Å². The number of anilines is 2. The van der Waals surface area contributed by atoms with Crippen molar-refractivity contribution in [1.29, 1.82) is 0 Å². The summed E-state index contributed by atoms with van der Waals surface area (Å²) >= 11 is 0.989. The normalized spacial score (nSPS) is 14.6. The minimum absolute atomic E-state index is 0.145. The number of aliphatic hydroxyl groups is 1. The number of hydrogen-bond acceptors (Lipinski definition) is 14. The predicted molar refractivity (Wildman–Crippen MR) is 208 cm³/mol. The first kappa shape index (κ1) is 43.4. The van der Waals surface area contributed by atoms with Gasteiger partial charge in [0, 0.05) is 83.4 Å². The number of thioether (sulfide) groups is 1. The Bertz CT molecular complexity index is 1570. The third kappa shape index (κ3) is 14.4. The number of nitrogens with one attached hydrogen (secondary N) is 2. The van der Waals surface area contributed by atoms with E-state index in [1.165, 1.54) is 5.56 Å². The summed E-state index contributed by atoms with van der Waals surface area (Å²) in [7, 11) is 2.71. The molecule has 16 nitrogen and oxygen atoms in total. The molecule has 8 N–H and O–H groups in total. The van der Waals surface area contributed by atoms with Crippen LogP contribution in [0.2, 0.25) is 0 Å². The number of aromatic nitrogens is 3. The minimum Gasteiger partial charge on any atom is -0.496 e. The molecule has 17 heteroatoms. The van der Waals surface area contributed by atoms with Crippen LogP contribution in [0.4, 0.5) is 11.8 Å². The maximum absolute atomic E-state index is 12.2. The SMILES string of the molecule is CCCCCNc1nc(N)nc2ccn(Cc3ccc(CN4CCN(CCOCCNC(=O)CC(SCC(N)C=O)C(=O)O)CC4)cc3OC)c12.CO. The Morgan fingerprint density at radius 2 is 1.81 bits per heavy atom. The van der Waals surface area contributed by atoms with Gasteiger partial charge in [-0.25, -0.2) is 4.98 Å². The number of aliphatic hydroxyl groups excluding tert-OH is 1. The number of unbranched alkanes of at least 4 members (excludes halogenated alkanes) is 2. The number of nitrogen functional groups attached to an aromatic ring is 1. The fraction of sp³-hybridized carbons (Fsp3) is 0.583. The number of aliphatic carboxylic acids is 1. The average molecular weight is 760 g/mol. The summed E-state index contributed by atoms with van der Waals surface area (Å²) in [6, 6.07) is 7.65. The second-order valence-electron chi connectivity index (χ2n) is 12.6. The lowest BCUT2D eigenvalue weighted by Crippen LogP contribution is -2.46. The van der Waals surface area contributed by atoms with Crippen molar-refractivity contribution in [2.24, 2.45) is 5.73 Å². The molecule has 0 saturated carbocycles. The monoisotopic (exact) mass is 759 g/mol. The van der Waals surface area contributed by atoms with E-state index < -0.39 is 17.3 Å². The lowest BCUT2D eigenvalue weighted by Gasteiger charge is -2.34. The molecular weight excluding hydrogens is 703 g/mol. The number of carbonyl (C=O) groups is 3. The van der Waals surface area contributed by atoms with Gasteiger partial charge in [0.05, 0.1) is 38.4 Å². The van der Waals surface area contributed by atoms with Crippen molar-refractivity contribution in [3.63, 3.8) is 0 Å². The second-order valence-corrected chi connectivity index (χ2v) is 13.9. The van der Waals surface area contributed by atoms with Crippen molar-refractivity contribution in [1.82, 2.24) is 29.7 Å². The first-order valence-electron chi connectivity index (χ1n) is 18.0. The smallest absolute Gasteiger partial charge is 0.317 e. The molecule has 0 spiro atoms. The zero-order valence-electron chi connectivity index (χ0n) is 31.2. The quantitative estimate of drug-likeness (QED) is 0.0597. The highest BCUT2D eigenvalue weighted by atomic mass is 32.2. The number of rotatable bonds is 23. The van der Waals surface area contributed by atoms with E-state index in [9.17, 15) is 19.5 Å². The topological polar surface area (TPSA) is 223 Å². The summed E-state index contributed by atoms with van der Waals surface area (Å²) in [5, 5.41) is 21.5. The molecule has 1 fully saturated rings. The predicted octanol–water partition coefficient (Wildman–Crippen LogP) is 1.63. The van der Waals surface area contributed by atoms with Crippen molar-refractivity contribution in [2.45, 2.75) is 57.0 Å². The van der Waals surface area contributed by atoms with Crippen LogP contribution in [0.3, 0.4) is 0 Å². The number of ether oxygens (including phenoxy) is 2. The number of carboxylic acid groups (broad SMARTS) is 1. The molecule has 1 aliphatic heterocycles. The maximum Gasteiger partial charge on any atom is 0.317 e. The largest absolute Gasteiger partial charge is 0.496 e. The zero-order chi connectivity index (χ0) is 38.6. The van der Waals surface area contributed by atoms with Crippen LogP contribution in [-0.2, 0) is 32.2 Å². The molecule has 2 unspecified atom stereocenters. The molecule has 1 saturated heterocycles. The summed E-state index contributed by atoms with van der Waals surface area (Å²) in [5.41, 5.74) is 15.5. The first-order valence-corrected chi connectivity index (χ1v) is 19.1. The molecule has 0 aliphatic carbocycles. The second kappa shape index (κ2) is 23.6. The molecule has 294 valence electrons. The molecule has 3 heterocycles. The van der Waals surface area contributed by atoms with Crippen molar-refractivity contribution in [3.05, 3.63) is 41.6 Å². The van der Waals surface area contributed by atoms with Crippen LogP contribution in [0.25, 0.3) is 11.0 Å². The molecular formula is C36H57N9O7S. The zero-order valence-corrected chi connectivity index (χ0v) is 32.0. The van der Waals surface area contributed by atoms with Gasteiger partial charge < -0.3 is 51.1 Å². The van der Waals surface area contributed by atoms with Crippen molar-refractivity contribution < 1.29 is 34.1 Å². The van der Waals surface area contributed by atoms with Crippen LogP contribution in [0, 0.1) is 0 Å². The minimum atomic E-state index is -1.11. The van der Waals surface area contributed by atoms with E-state index in [-0.39, 0.29) is 24.0 Å². The van der Waals surface area contributed by atoms with Gasteiger partial charge in [-0.3, -0.25) is 19.4 Å². The Morgan fingerprint density at radius 3 is 2.51 bits per heavy atom. The van der Waals surface area contributed by atoms with Crippen LogP contribution >= 0.6 is 11.8 Å². The highest BCUT2D eigenvalue weighted by Gasteiger charge is 2.23. The fourth-order valence-electron chi connectivity index (χ4n) is 5.88. The van der Waals surface area contributed by atoms with E-state index in [0.29, 0.717) is 32.6 Å². The average Bonchev–Trinajstić information content (AvgIpc) is 3.56. The van der Waals surface area contributed by atoms with E-state index in [1.807, 2.05) is 12.3 Å². The Morgan fingerprint density at radius 1 is 1.06 bits per heavy atom. The molecule has 2 aromatic heterocycles. The summed E-state index contributed by atoms with van der Waals surface area (Å²) in [6.45, 7) is 10.2. The Balaban J connectivity index is 0.00000372. The van der Waals surface area contributed by atoms with Gasteiger partial charge in [0.1, 0.15) is 22.8 Å². The van der Waals surface area contributed by atoms with Gasteiger partial charge in [-0.1, -0.05) is 31.9 Å². The van der Waals surface area contributed by atoms with Gasteiger partial charge in [-0.2, -0.15) is 4.98 Å². The van der Waals surface area contributed by atoms with Crippen molar-refractivity contribution in [3.8, 4) is 5.75 Å². The van der Waals surface area contributed by atoms with Crippen LogP contribution < -0.4 is 26.8 Å². The van der Waals surface area contributed by atoms with Gasteiger partial charge in [-0.15, -0.1) is 11.8 Å². The van der Waals surface area contributed by atoms with E-state index in [0.717, 1.165) is 112 Å². The van der Waals surface area contributed by atoms with Crippen molar-refractivity contribution >= 4 is 52.7 Å². The number of nitrogens with two attached hydrogens (primary N) is 2. The summed E-state index contributed by atoms with van der Waals surface area (Å²) < 4.78 is 13.7. The lowest BCUT2D eigenvalue weighted by atomic mass is 10.1. The Labute approximate surface area is 316 Å². The molecule has 3 aromatic rings. The number of carbonyl (C=O) groups excluding carboxylic acids is 2. The van der Waals surface area contributed by atoms with Gasteiger partial charge in [0.15, 0.2) is 5.82 Å². The molecule has 0 bridgehead atoms. The van der Waals surface area contributed by atoms with E-state index in [4.69, 9.17) is 26.0 Å². The summed E-state index contributed by atoms with van der Waals surface area (Å²) in [5.74, 6) is 0.512. The van der Waals surface area contributed by atoms with E-state index >= 15 is 0 Å². The molecule has 1 aliphatic rings. The Kier molecular flexibility index (Phi) is 19.3. The standard InChI is InChI=1S/C35H53N9O6S.CH4O/c1-3-4-5-9-39-33-32-28(40-35(37)41-33)8-11-44(32)22-26-7-6-25(19-29(26)49-2)21-43-14-12-42(13-15-43)16-18-50-17-10-38-31(46)20-30(34(47)48)51-24-27(36)23-45;1-2/h6-8,11,19,23,27,30H,3-5,9-10,12-18,20-22,24,36H2,1-2H3,(H,38,46)(H,47,48)(H3,37,39,40,41);2H,1H3. The van der Waals surface area contributed by atoms with Gasteiger partial charge >= 0.3 is 5.97 Å². The number of methoxy groups -OCH3 is 1. The first-order chi connectivity index (χ1) is 25.7. The number of piperazine rings is 1. The van der Waals surface area contributed by atoms with E-state index in [1.54, 1.807) is 7.11 Å². The summed E-state index contributed by atoms with van der Waals surface area (Å²) in [6.07, 6.45) is 5.75. The van der Waals surface area contributed by atoms with Gasteiger partial charge in [-0.05, 0) is 24.1 Å². The number of carboxylic acids is 1. The van der Waals surface area contributed by atoms with Crippen LogP contribution in [0.15, 0.2) is 30.5 Å². The van der Waals surface area contributed by atoms with Crippen LogP contribution in [0.1, 0.15) is 43.7 Å². The summed E-state index contributed by atoms with van der Waals surface area (Å²) in [4.78, 5) is 48.0. The number of benzene rings is 1. The third-order valence-electron chi connectivity index (χ3n) is 8.70. The molecule has 53 heavy (non-hydrogen) atoms. The number of nitrogens with zero attached hydrogens (tertiary/aromatic N) is 5. The number of fused-ring (bicyclic) bond motifs is 1. The number of aldehydes is 1. The number of amides is 1. The van der Waals surface area contributed by atoms with E-state index in [2.05, 4.69) is 60.1 Å². The van der Waals surface area contributed by atoms with Crippen LogP contribution in [0.5, 0.6) is 5.75 Å². The highest BCUT2D eigenvalue weighted by Crippen LogP contribution is 2.27. The molecule has 1 amide bonds. The fourth-order valence-corrected chi connectivity index (χ4v) is 6.82. The molecule has 0 radical (unpaired) electrons. The molecule has 4 rings (SSSR count). The third-order valence-corrected chi connectivity index (χ3v) is 10.0. The van der Waals surface area contributed by atoms with Gasteiger partial charge in [0.25, 0.3) is 0 Å².